The van der Waals surface area contributed by atoms with Crippen molar-refractivity contribution in [3.05, 3.63) is 40.6 Å². The second kappa shape index (κ2) is 6.00. The van der Waals surface area contributed by atoms with Gasteiger partial charge < -0.3 is 4.74 Å². The van der Waals surface area contributed by atoms with Gasteiger partial charge in [0.25, 0.3) is 0 Å². The van der Waals surface area contributed by atoms with Crippen LogP contribution in [0.5, 0.6) is 5.75 Å². The molecule has 3 heteroatoms. The van der Waals surface area contributed by atoms with Gasteiger partial charge in [0, 0.05) is 5.41 Å². The zero-order valence-electron chi connectivity index (χ0n) is 10.1. The molecule has 1 nitrogen and oxygen atoms in total. The van der Waals surface area contributed by atoms with Gasteiger partial charge in [0.1, 0.15) is 5.75 Å². The Balaban J connectivity index is 3.03. The Morgan fingerprint density at radius 3 is 2.53 bits per heavy atom. The standard InChI is InChI=1S/C14H14Cl2O/c1-14(2,3)9-8-11-6-4-5-7-12(11)17-13(16)10-15/h4-7,10H,1-3H3/b13-10+. The second-order valence-electron chi connectivity index (χ2n) is 4.51. The first-order chi connectivity index (χ1) is 7.92. The van der Waals surface area contributed by atoms with Crippen LogP contribution in [0.25, 0.3) is 0 Å². The Hall–Kier alpha value is -1.10. The summed E-state index contributed by atoms with van der Waals surface area (Å²) < 4.78 is 5.35. The molecule has 1 aromatic carbocycles. The molecule has 0 saturated carbocycles. The van der Waals surface area contributed by atoms with E-state index in [0.717, 1.165) is 5.56 Å². The van der Waals surface area contributed by atoms with Gasteiger partial charge in [0.15, 0.2) is 0 Å². The normalized spacial score (nSPS) is 11.7. The van der Waals surface area contributed by atoms with Crippen LogP contribution in [0.1, 0.15) is 26.3 Å². The van der Waals surface area contributed by atoms with Crippen LogP contribution in [0, 0.1) is 17.3 Å². The van der Waals surface area contributed by atoms with E-state index in [0.29, 0.717) is 5.75 Å². The SMILES string of the molecule is CC(C)(C)C#Cc1ccccc1O/C(Cl)=C/Cl. The Bertz CT molecular complexity index is 473. The molecule has 0 aliphatic heterocycles. The highest BCUT2D eigenvalue weighted by Gasteiger charge is 2.06. The van der Waals surface area contributed by atoms with Crippen LogP contribution < -0.4 is 4.74 Å². The maximum atomic E-state index is 5.72. The van der Waals surface area contributed by atoms with E-state index in [9.17, 15) is 0 Å². The molecule has 0 atom stereocenters. The topological polar surface area (TPSA) is 9.23 Å². The first kappa shape index (κ1) is 14.0. The average Bonchev–Trinajstić information content (AvgIpc) is 2.26. The van der Waals surface area contributed by atoms with Crippen LogP contribution in [0.15, 0.2) is 35.0 Å². The van der Waals surface area contributed by atoms with Crippen molar-refractivity contribution < 1.29 is 4.74 Å². The average molecular weight is 269 g/mol. The lowest BCUT2D eigenvalue weighted by Gasteiger charge is -2.08. The molecule has 0 unspecified atom stereocenters. The van der Waals surface area contributed by atoms with Crippen molar-refractivity contribution in [2.75, 3.05) is 0 Å². The predicted molar refractivity (Wildman–Crippen MR) is 73.2 cm³/mol. The fourth-order valence-electron chi connectivity index (χ4n) is 1.04. The number of halogens is 2. The lowest BCUT2D eigenvalue weighted by molar-refractivity contribution is 0.462. The molecule has 17 heavy (non-hydrogen) atoms. The molecular formula is C14H14Cl2O. The molecule has 0 bridgehead atoms. The number of hydrogen-bond donors (Lipinski definition) is 0. The molecule has 0 aliphatic rings. The van der Waals surface area contributed by atoms with Gasteiger partial charge in [-0.25, -0.2) is 0 Å². The highest BCUT2D eigenvalue weighted by molar-refractivity contribution is 6.35. The fraction of sp³-hybridized carbons (Fsp3) is 0.286. The Kier molecular flexibility index (Phi) is 4.93. The third kappa shape index (κ3) is 5.17. The molecule has 0 amide bonds. The fourth-order valence-corrected chi connectivity index (χ4v) is 1.17. The van der Waals surface area contributed by atoms with Crippen molar-refractivity contribution in [3.63, 3.8) is 0 Å². The molecular weight excluding hydrogens is 255 g/mol. The molecule has 0 spiro atoms. The Labute approximate surface area is 112 Å². The summed E-state index contributed by atoms with van der Waals surface area (Å²) in [7, 11) is 0. The molecule has 0 heterocycles. The molecule has 1 aromatic rings. The van der Waals surface area contributed by atoms with E-state index in [1.807, 2.05) is 18.2 Å². The molecule has 1 rings (SSSR count). The number of rotatable bonds is 2. The van der Waals surface area contributed by atoms with Gasteiger partial charge in [-0.15, -0.1) is 0 Å². The first-order valence-corrected chi connectivity index (χ1v) is 6.00. The third-order valence-corrected chi connectivity index (χ3v) is 2.25. The van der Waals surface area contributed by atoms with E-state index in [-0.39, 0.29) is 10.6 Å². The van der Waals surface area contributed by atoms with Gasteiger partial charge >= 0.3 is 0 Å². The zero-order valence-corrected chi connectivity index (χ0v) is 11.6. The predicted octanol–water partition coefficient (Wildman–Crippen LogP) is 4.74. The molecule has 0 aliphatic carbocycles. The number of para-hydroxylation sites is 1. The first-order valence-electron chi connectivity index (χ1n) is 5.18. The zero-order chi connectivity index (χ0) is 12.9. The van der Waals surface area contributed by atoms with Gasteiger partial charge in [0.05, 0.1) is 11.1 Å². The van der Waals surface area contributed by atoms with Gasteiger partial charge in [-0.2, -0.15) is 0 Å². The maximum Gasteiger partial charge on any atom is 0.205 e. The summed E-state index contributed by atoms with van der Waals surface area (Å²) >= 11 is 11.2. The summed E-state index contributed by atoms with van der Waals surface area (Å²) in [6.45, 7) is 6.15. The second-order valence-corrected chi connectivity index (χ2v) is 5.10. The quantitative estimate of drug-likeness (QED) is 0.556. The minimum Gasteiger partial charge on any atom is -0.443 e. The highest BCUT2D eigenvalue weighted by Crippen LogP contribution is 2.22. The maximum absolute atomic E-state index is 5.72. The third-order valence-electron chi connectivity index (χ3n) is 1.75. The lowest BCUT2D eigenvalue weighted by atomic mass is 9.97. The van der Waals surface area contributed by atoms with E-state index in [2.05, 4.69) is 32.6 Å². The molecule has 0 fully saturated rings. The van der Waals surface area contributed by atoms with Crippen LogP contribution in [0.3, 0.4) is 0 Å². The summed E-state index contributed by atoms with van der Waals surface area (Å²) in [5.41, 5.74) is 1.91. The minimum atomic E-state index is -0.0563. The molecule has 0 radical (unpaired) electrons. The van der Waals surface area contributed by atoms with Crippen LogP contribution in [-0.2, 0) is 0 Å². The summed E-state index contributed by atoms with van der Waals surface area (Å²) in [6, 6.07) is 7.44. The van der Waals surface area contributed by atoms with E-state index < -0.39 is 0 Å². The van der Waals surface area contributed by atoms with Crippen LogP contribution in [-0.4, -0.2) is 0 Å². The number of ether oxygens (including phenoxy) is 1. The van der Waals surface area contributed by atoms with E-state index in [1.54, 1.807) is 6.07 Å². The largest absolute Gasteiger partial charge is 0.443 e. The van der Waals surface area contributed by atoms with Gasteiger partial charge in [0.2, 0.25) is 5.22 Å². The molecule has 90 valence electrons. The Morgan fingerprint density at radius 1 is 1.29 bits per heavy atom. The van der Waals surface area contributed by atoms with Crippen LogP contribution in [0.2, 0.25) is 0 Å². The number of benzene rings is 1. The molecule has 0 saturated heterocycles. The van der Waals surface area contributed by atoms with E-state index in [1.165, 1.54) is 5.54 Å². The highest BCUT2D eigenvalue weighted by atomic mass is 35.5. The number of hydrogen-bond acceptors (Lipinski definition) is 1. The van der Waals surface area contributed by atoms with Crippen molar-refractivity contribution in [1.82, 2.24) is 0 Å². The summed E-state index contributed by atoms with van der Waals surface area (Å²) in [6.07, 6.45) is 0. The van der Waals surface area contributed by atoms with Crippen LogP contribution >= 0.6 is 23.2 Å². The monoisotopic (exact) mass is 268 g/mol. The molecule has 0 aromatic heterocycles. The van der Waals surface area contributed by atoms with Crippen molar-refractivity contribution >= 4 is 23.2 Å². The van der Waals surface area contributed by atoms with Gasteiger partial charge in [-0.05, 0) is 44.5 Å². The summed E-state index contributed by atoms with van der Waals surface area (Å²) in [4.78, 5) is 0. The van der Waals surface area contributed by atoms with Gasteiger partial charge in [-0.1, -0.05) is 35.6 Å². The Morgan fingerprint density at radius 2 is 1.94 bits per heavy atom. The summed E-state index contributed by atoms with van der Waals surface area (Å²) in [5.74, 6) is 6.83. The van der Waals surface area contributed by atoms with Crippen LogP contribution in [0.4, 0.5) is 0 Å². The van der Waals surface area contributed by atoms with E-state index in [4.69, 9.17) is 27.9 Å². The van der Waals surface area contributed by atoms with E-state index >= 15 is 0 Å². The van der Waals surface area contributed by atoms with Crippen molar-refractivity contribution in [2.24, 2.45) is 5.41 Å². The lowest BCUT2D eigenvalue weighted by Crippen LogP contribution is -1.99. The van der Waals surface area contributed by atoms with Gasteiger partial charge in [-0.3, -0.25) is 0 Å². The van der Waals surface area contributed by atoms with Crippen molar-refractivity contribution in [3.8, 4) is 17.6 Å². The summed E-state index contributed by atoms with van der Waals surface area (Å²) in [5, 5.41) is 0.122. The minimum absolute atomic E-state index is 0.0563. The molecule has 0 N–H and O–H groups in total. The van der Waals surface area contributed by atoms with Crippen molar-refractivity contribution in [1.29, 1.82) is 0 Å². The smallest absolute Gasteiger partial charge is 0.205 e. The van der Waals surface area contributed by atoms with Crippen molar-refractivity contribution in [2.45, 2.75) is 20.8 Å².